The van der Waals surface area contributed by atoms with E-state index in [4.69, 9.17) is 11.6 Å². The highest BCUT2D eigenvalue weighted by Crippen LogP contribution is 2.40. The Balaban J connectivity index is 1.62. The standard InChI is InChI=1S/C29H22ClF4N5O3/c30-21-7-2-1-6-20(21)25(27(41)37-18-13-29(33,34)14-18)38(19-5-3-4-17(31)12-19)28(42)22-8-9-23(40)39(22)26-24(32)16(15-35)10-11-36-26/h1-7,10-12,18,22,25H,8-9,13-14H2,(H,37,41)/t22-,25-/m0/s1. The number of hydrogen-bond donors (Lipinski definition) is 1. The summed E-state index contributed by atoms with van der Waals surface area (Å²) in [7, 11) is 0. The summed E-state index contributed by atoms with van der Waals surface area (Å²) >= 11 is 6.46. The number of carbonyl (C=O) groups excluding carboxylic acids is 3. The third kappa shape index (κ3) is 5.52. The molecular weight excluding hydrogens is 578 g/mol. The first-order valence-corrected chi connectivity index (χ1v) is 13.3. The van der Waals surface area contributed by atoms with Crippen LogP contribution in [-0.2, 0) is 14.4 Å². The molecule has 2 aromatic carbocycles. The number of amides is 3. The van der Waals surface area contributed by atoms with Crippen molar-refractivity contribution in [2.24, 2.45) is 0 Å². The van der Waals surface area contributed by atoms with Gasteiger partial charge in [0.05, 0.1) is 5.56 Å². The van der Waals surface area contributed by atoms with E-state index in [9.17, 15) is 32.8 Å². The van der Waals surface area contributed by atoms with Crippen molar-refractivity contribution in [1.29, 1.82) is 5.26 Å². The summed E-state index contributed by atoms with van der Waals surface area (Å²) in [4.78, 5) is 46.8. The average Bonchev–Trinajstić information content (AvgIpc) is 3.32. The van der Waals surface area contributed by atoms with Gasteiger partial charge in [0.1, 0.15) is 24.0 Å². The first-order valence-electron chi connectivity index (χ1n) is 12.9. The maximum Gasteiger partial charge on any atom is 0.252 e. The Morgan fingerprint density at radius 3 is 2.55 bits per heavy atom. The molecule has 2 fully saturated rings. The first kappa shape index (κ1) is 29.0. The van der Waals surface area contributed by atoms with Crippen molar-refractivity contribution in [3.8, 4) is 6.07 Å². The quantitative estimate of drug-likeness (QED) is 0.382. The predicted octanol–water partition coefficient (Wildman–Crippen LogP) is 5.07. The molecule has 5 rings (SSSR count). The van der Waals surface area contributed by atoms with Gasteiger partial charge in [-0.15, -0.1) is 0 Å². The molecule has 0 unspecified atom stereocenters. The number of nitrogens with one attached hydrogen (secondary N) is 1. The Hall–Kier alpha value is -4.50. The van der Waals surface area contributed by atoms with Gasteiger partial charge in [0.25, 0.3) is 11.8 Å². The Bertz CT molecular complexity index is 1610. The maximum absolute atomic E-state index is 15.2. The normalized spacial score (nSPS) is 18.6. The van der Waals surface area contributed by atoms with Crippen LogP contribution in [0.15, 0.2) is 60.8 Å². The molecule has 0 bridgehead atoms. The van der Waals surface area contributed by atoms with Crippen LogP contribution in [0.3, 0.4) is 0 Å². The number of benzene rings is 2. The summed E-state index contributed by atoms with van der Waals surface area (Å²) in [6.07, 6.45) is -0.401. The number of alkyl halides is 2. The SMILES string of the molecule is N#Cc1ccnc(N2C(=O)CC[C@H]2C(=O)N(c2cccc(F)c2)[C@H](C(=O)NC2CC(F)(F)C2)c2ccccc2Cl)c1F. The van der Waals surface area contributed by atoms with Crippen molar-refractivity contribution in [1.82, 2.24) is 10.3 Å². The van der Waals surface area contributed by atoms with Crippen molar-refractivity contribution in [3.63, 3.8) is 0 Å². The fourth-order valence-corrected chi connectivity index (χ4v) is 5.44. The van der Waals surface area contributed by atoms with Crippen LogP contribution in [0.5, 0.6) is 0 Å². The molecule has 42 heavy (non-hydrogen) atoms. The monoisotopic (exact) mass is 599 g/mol. The van der Waals surface area contributed by atoms with E-state index in [0.717, 1.165) is 34.2 Å². The predicted molar refractivity (Wildman–Crippen MR) is 144 cm³/mol. The van der Waals surface area contributed by atoms with Crippen LogP contribution in [0.2, 0.25) is 5.02 Å². The van der Waals surface area contributed by atoms with Gasteiger partial charge in [0.2, 0.25) is 11.8 Å². The number of aromatic nitrogens is 1. The zero-order valence-corrected chi connectivity index (χ0v) is 22.5. The molecular formula is C29H22ClF4N5O3. The van der Waals surface area contributed by atoms with E-state index in [1.165, 1.54) is 24.3 Å². The highest BCUT2D eigenvalue weighted by Gasteiger charge is 2.49. The molecule has 2 atom stereocenters. The Kier molecular flexibility index (Phi) is 7.88. The Morgan fingerprint density at radius 1 is 1.14 bits per heavy atom. The van der Waals surface area contributed by atoms with Crippen LogP contribution in [0.1, 0.15) is 42.9 Å². The molecule has 1 aliphatic heterocycles. The minimum Gasteiger partial charge on any atom is -0.351 e. The number of halogens is 5. The number of nitrogens with zero attached hydrogens (tertiary/aromatic N) is 4. The highest BCUT2D eigenvalue weighted by molar-refractivity contribution is 6.31. The van der Waals surface area contributed by atoms with Crippen LogP contribution < -0.4 is 15.1 Å². The van der Waals surface area contributed by atoms with Gasteiger partial charge < -0.3 is 5.32 Å². The second kappa shape index (κ2) is 11.4. The van der Waals surface area contributed by atoms with Gasteiger partial charge >= 0.3 is 0 Å². The van der Waals surface area contributed by atoms with Gasteiger partial charge in [-0.25, -0.2) is 22.5 Å². The third-order valence-electron chi connectivity index (χ3n) is 7.18. The third-order valence-corrected chi connectivity index (χ3v) is 7.53. The number of hydrogen-bond acceptors (Lipinski definition) is 5. The van der Waals surface area contributed by atoms with Crippen LogP contribution in [0.25, 0.3) is 0 Å². The van der Waals surface area contributed by atoms with E-state index in [0.29, 0.717) is 0 Å². The van der Waals surface area contributed by atoms with Gasteiger partial charge in [0.15, 0.2) is 11.6 Å². The molecule has 0 radical (unpaired) electrons. The summed E-state index contributed by atoms with van der Waals surface area (Å²) in [5.41, 5.74) is -0.400. The molecule has 2 aliphatic rings. The lowest BCUT2D eigenvalue weighted by molar-refractivity contribution is -0.133. The van der Waals surface area contributed by atoms with E-state index in [1.807, 2.05) is 0 Å². The van der Waals surface area contributed by atoms with Gasteiger partial charge in [-0.05, 0) is 36.8 Å². The molecule has 13 heteroatoms. The van der Waals surface area contributed by atoms with Crippen molar-refractivity contribution < 1.29 is 31.9 Å². The van der Waals surface area contributed by atoms with Crippen LogP contribution in [0, 0.1) is 23.0 Å². The van der Waals surface area contributed by atoms with Crippen LogP contribution >= 0.6 is 11.6 Å². The fraction of sp³-hybridized carbons (Fsp3) is 0.276. The van der Waals surface area contributed by atoms with Gasteiger partial charge in [-0.1, -0.05) is 35.9 Å². The molecule has 3 aromatic rings. The van der Waals surface area contributed by atoms with Gasteiger partial charge in [-0.2, -0.15) is 5.26 Å². The molecule has 216 valence electrons. The smallest absolute Gasteiger partial charge is 0.252 e. The number of nitriles is 1. The van der Waals surface area contributed by atoms with E-state index >= 15 is 4.39 Å². The van der Waals surface area contributed by atoms with Crippen molar-refractivity contribution in [3.05, 3.63) is 88.6 Å². The number of pyridine rings is 1. The highest BCUT2D eigenvalue weighted by atomic mass is 35.5. The second-order valence-corrected chi connectivity index (χ2v) is 10.4. The molecule has 1 aromatic heterocycles. The topological polar surface area (TPSA) is 106 Å². The number of anilines is 2. The lowest BCUT2D eigenvalue weighted by Crippen LogP contribution is -2.56. The van der Waals surface area contributed by atoms with Gasteiger partial charge in [-0.3, -0.25) is 24.2 Å². The Labute approximate surface area is 242 Å². The first-order chi connectivity index (χ1) is 20.0. The van der Waals surface area contributed by atoms with Crippen LogP contribution in [0.4, 0.5) is 29.1 Å². The zero-order valence-electron chi connectivity index (χ0n) is 21.7. The van der Waals surface area contributed by atoms with Gasteiger partial charge in [0, 0.05) is 47.8 Å². The van der Waals surface area contributed by atoms with Crippen LogP contribution in [-0.4, -0.2) is 40.7 Å². The summed E-state index contributed by atoms with van der Waals surface area (Å²) < 4.78 is 56.8. The Morgan fingerprint density at radius 2 is 1.88 bits per heavy atom. The number of rotatable bonds is 7. The van der Waals surface area contributed by atoms with E-state index < -0.39 is 77.6 Å². The minimum atomic E-state index is -2.95. The van der Waals surface area contributed by atoms with E-state index in [-0.39, 0.29) is 29.1 Å². The van der Waals surface area contributed by atoms with Crippen molar-refractivity contribution in [2.45, 2.75) is 49.7 Å². The summed E-state index contributed by atoms with van der Waals surface area (Å²) in [5, 5.41) is 11.9. The summed E-state index contributed by atoms with van der Waals surface area (Å²) in [6, 6.07) is 9.67. The molecule has 1 N–H and O–H groups in total. The average molecular weight is 600 g/mol. The molecule has 0 spiro atoms. The van der Waals surface area contributed by atoms with Crippen molar-refractivity contribution in [2.75, 3.05) is 9.80 Å². The minimum absolute atomic E-state index is 0.0552. The van der Waals surface area contributed by atoms with E-state index in [2.05, 4.69) is 10.3 Å². The molecule has 3 amide bonds. The summed E-state index contributed by atoms with van der Waals surface area (Å²) in [5.74, 6) is -7.81. The molecule has 2 heterocycles. The van der Waals surface area contributed by atoms with Crippen molar-refractivity contribution >= 4 is 40.8 Å². The molecule has 1 saturated heterocycles. The lowest BCUT2D eigenvalue weighted by Gasteiger charge is -2.39. The largest absolute Gasteiger partial charge is 0.351 e. The maximum atomic E-state index is 15.2. The summed E-state index contributed by atoms with van der Waals surface area (Å²) in [6.45, 7) is 0. The number of carbonyl (C=O) groups is 3. The molecule has 8 nitrogen and oxygen atoms in total. The second-order valence-electron chi connectivity index (χ2n) is 10.0. The fourth-order valence-electron chi connectivity index (χ4n) is 5.20. The van der Waals surface area contributed by atoms with E-state index in [1.54, 1.807) is 18.2 Å². The zero-order chi connectivity index (χ0) is 30.2. The molecule has 1 saturated carbocycles. The lowest BCUT2D eigenvalue weighted by atomic mass is 9.87. The molecule has 1 aliphatic carbocycles.